The molecule has 7 heteroatoms. The van der Waals surface area contributed by atoms with Gasteiger partial charge in [0.05, 0.1) is 5.60 Å². The molecule has 0 atom stereocenters. The third-order valence-corrected chi connectivity index (χ3v) is 2.45. The Labute approximate surface area is 133 Å². The molecule has 0 saturated heterocycles. The smallest absolute Gasteiger partial charge is 0.243 e. The fourth-order valence-corrected chi connectivity index (χ4v) is 0.999. The van der Waals surface area contributed by atoms with E-state index in [-0.39, 0.29) is 42.0 Å². The molecule has 0 heterocycles. The summed E-state index contributed by atoms with van der Waals surface area (Å²) in [5, 5.41) is 6.24. The summed E-state index contributed by atoms with van der Waals surface area (Å²) >= 11 is 0. The highest BCUT2D eigenvalue weighted by Gasteiger charge is 2.16. The zero-order valence-electron chi connectivity index (χ0n) is 12.7. The van der Waals surface area contributed by atoms with Gasteiger partial charge in [-0.1, -0.05) is 0 Å². The molecular weight excluding hydrogens is 359 g/mol. The Hall–Kier alpha value is -0.570. The zero-order valence-corrected chi connectivity index (χ0v) is 15.1. The number of carbonyl (C=O) groups is 1. The van der Waals surface area contributed by atoms with Gasteiger partial charge in [-0.2, -0.15) is 0 Å². The molecule has 6 nitrogen and oxygen atoms in total. The van der Waals surface area contributed by atoms with Gasteiger partial charge in [0.2, 0.25) is 5.91 Å². The van der Waals surface area contributed by atoms with Crippen molar-refractivity contribution in [1.82, 2.24) is 15.5 Å². The first-order valence-electron chi connectivity index (χ1n) is 6.10. The SMILES string of the molecule is CCNC(=NCC(=O)N(C)C)NCC(C)(C)OC.I. The lowest BCUT2D eigenvalue weighted by atomic mass is 10.1. The molecule has 0 spiro atoms. The van der Waals surface area contributed by atoms with E-state index in [1.807, 2.05) is 20.8 Å². The van der Waals surface area contributed by atoms with E-state index >= 15 is 0 Å². The maximum Gasteiger partial charge on any atom is 0.243 e. The van der Waals surface area contributed by atoms with Crippen LogP contribution in [0.3, 0.4) is 0 Å². The summed E-state index contributed by atoms with van der Waals surface area (Å²) < 4.78 is 5.31. The summed E-state index contributed by atoms with van der Waals surface area (Å²) in [7, 11) is 5.10. The highest BCUT2D eigenvalue weighted by Crippen LogP contribution is 2.04. The summed E-state index contributed by atoms with van der Waals surface area (Å²) in [6, 6.07) is 0. The van der Waals surface area contributed by atoms with Crippen LogP contribution in [0.25, 0.3) is 0 Å². The van der Waals surface area contributed by atoms with Gasteiger partial charge in [0.1, 0.15) is 6.54 Å². The molecule has 19 heavy (non-hydrogen) atoms. The average molecular weight is 386 g/mol. The first-order chi connectivity index (χ1) is 8.32. The lowest BCUT2D eigenvalue weighted by molar-refractivity contribution is -0.127. The second-order valence-electron chi connectivity index (χ2n) is 4.80. The molecule has 0 saturated carbocycles. The number of likely N-dealkylation sites (N-methyl/N-ethyl adjacent to an activating group) is 1. The Morgan fingerprint density at radius 3 is 2.32 bits per heavy atom. The highest BCUT2D eigenvalue weighted by molar-refractivity contribution is 14.0. The second-order valence-corrected chi connectivity index (χ2v) is 4.80. The molecule has 0 fully saturated rings. The second kappa shape index (κ2) is 10.2. The van der Waals surface area contributed by atoms with Crippen molar-refractivity contribution in [3.05, 3.63) is 0 Å². The molecular formula is C12H27IN4O2. The molecule has 114 valence electrons. The van der Waals surface area contributed by atoms with Crippen molar-refractivity contribution >= 4 is 35.8 Å². The van der Waals surface area contributed by atoms with E-state index in [2.05, 4.69) is 15.6 Å². The third-order valence-electron chi connectivity index (χ3n) is 2.45. The van der Waals surface area contributed by atoms with Crippen molar-refractivity contribution in [2.75, 3.05) is 40.8 Å². The largest absolute Gasteiger partial charge is 0.377 e. The number of hydrogen-bond donors (Lipinski definition) is 2. The molecule has 0 aliphatic rings. The molecule has 0 aromatic carbocycles. The Bertz CT molecular complexity index is 293. The van der Waals surface area contributed by atoms with Crippen LogP contribution >= 0.6 is 24.0 Å². The number of carbonyl (C=O) groups excluding carboxylic acids is 1. The summed E-state index contributed by atoms with van der Waals surface area (Å²) in [4.78, 5) is 17.2. The van der Waals surface area contributed by atoms with Gasteiger partial charge in [-0.15, -0.1) is 24.0 Å². The molecule has 0 aromatic rings. The number of halogens is 1. The van der Waals surface area contributed by atoms with E-state index in [0.29, 0.717) is 12.5 Å². The third kappa shape index (κ3) is 9.94. The Kier molecular flexibility index (Phi) is 11.2. The van der Waals surface area contributed by atoms with E-state index < -0.39 is 0 Å². The van der Waals surface area contributed by atoms with Gasteiger partial charge in [0.15, 0.2) is 5.96 Å². The van der Waals surface area contributed by atoms with Gasteiger partial charge < -0.3 is 20.3 Å². The summed E-state index contributed by atoms with van der Waals surface area (Å²) in [6.45, 7) is 7.44. The first kappa shape index (κ1) is 20.7. The molecule has 2 N–H and O–H groups in total. The molecule has 0 aliphatic carbocycles. The van der Waals surface area contributed by atoms with Crippen LogP contribution in [0, 0.1) is 0 Å². The van der Waals surface area contributed by atoms with Crippen molar-refractivity contribution in [2.24, 2.45) is 4.99 Å². The minimum atomic E-state index is -0.276. The van der Waals surface area contributed by atoms with Crippen molar-refractivity contribution in [1.29, 1.82) is 0 Å². The van der Waals surface area contributed by atoms with Crippen LogP contribution in [0.5, 0.6) is 0 Å². The van der Waals surface area contributed by atoms with Crippen molar-refractivity contribution in [2.45, 2.75) is 26.4 Å². The van der Waals surface area contributed by atoms with Crippen LogP contribution in [0.15, 0.2) is 4.99 Å². The van der Waals surface area contributed by atoms with Crippen LogP contribution < -0.4 is 10.6 Å². The molecule has 0 rings (SSSR count). The van der Waals surface area contributed by atoms with Crippen molar-refractivity contribution in [3.8, 4) is 0 Å². The minimum Gasteiger partial charge on any atom is -0.377 e. The number of methoxy groups -OCH3 is 1. The molecule has 0 aromatic heterocycles. The zero-order chi connectivity index (χ0) is 14.2. The van der Waals surface area contributed by atoms with E-state index in [4.69, 9.17) is 4.74 Å². The maximum atomic E-state index is 11.4. The van der Waals surface area contributed by atoms with Crippen LogP contribution in [-0.2, 0) is 9.53 Å². The van der Waals surface area contributed by atoms with Crippen LogP contribution in [0.1, 0.15) is 20.8 Å². The predicted octanol–water partition coefficient (Wildman–Crippen LogP) is 0.673. The number of ether oxygens (including phenoxy) is 1. The van der Waals surface area contributed by atoms with Crippen molar-refractivity contribution < 1.29 is 9.53 Å². The summed E-state index contributed by atoms with van der Waals surface area (Å²) in [5.74, 6) is 0.594. The van der Waals surface area contributed by atoms with E-state index in [0.717, 1.165) is 6.54 Å². The lowest BCUT2D eigenvalue weighted by Crippen LogP contribution is -2.45. The van der Waals surface area contributed by atoms with Gasteiger partial charge >= 0.3 is 0 Å². The molecule has 1 amide bonds. The predicted molar refractivity (Wildman–Crippen MR) is 89.2 cm³/mol. The van der Waals surface area contributed by atoms with Crippen LogP contribution in [0.2, 0.25) is 0 Å². The number of nitrogens with one attached hydrogen (secondary N) is 2. The number of nitrogens with zero attached hydrogens (tertiary/aromatic N) is 2. The number of amides is 1. The van der Waals surface area contributed by atoms with Gasteiger partial charge in [0, 0.05) is 34.3 Å². The number of hydrogen-bond acceptors (Lipinski definition) is 3. The molecule has 0 unspecified atom stereocenters. The topological polar surface area (TPSA) is 66.0 Å². The summed E-state index contributed by atoms with van der Waals surface area (Å²) in [5.41, 5.74) is -0.276. The Balaban J connectivity index is 0. The van der Waals surface area contributed by atoms with Gasteiger partial charge in [-0.05, 0) is 20.8 Å². The Morgan fingerprint density at radius 2 is 1.89 bits per heavy atom. The summed E-state index contributed by atoms with van der Waals surface area (Å²) in [6.07, 6.45) is 0. The molecule has 0 radical (unpaired) electrons. The fraction of sp³-hybridized carbons (Fsp3) is 0.833. The van der Waals surface area contributed by atoms with Crippen LogP contribution in [-0.4, -0.2) is 63.2 Å². The van der Waals surface area contributed by atoms with E-state index in [9.17, 15) is 4.79 Å². The number of rotatable bonds is 6. The number of aliphatic imine (C=N–C) groups is 1. The van der Waals surface area contributed by atoms with E-state index in [1.54, 1.807) is 21.2 Å². The first-order valence-corrected chi connectivity index (χ1v) is 6.10. The van der Waals surface area contributed by atoms with Gasteiger partial charge in [0.25, 0.3) is 0 Å². The minimum absolute atomic E-state index is 0. The normalized spacial score (nSPS) is 11.6. The molecule has 0 bridgehead atoms. The fourth-order valence-electron chi connectivity index (χ4n) is 0.999. The standard InChI is InChI=1S/C12H26N4O2.HI/c1-7-13-11(14-8-10(17)16(4)5)15-9-12(2,3)18-6;/h7-9H2,1-6H3,(H2,13,14,15);1H. The average Bonchev–Trinajstić information content (AvgIpc) is 2.32. The Morgan fingerprint density at radius 1 is 1.32 bits per heavy atom. The molecule has 0 aliphatic heterocycles. The highest BCUT2D eigenvalue weighted by atomic mass is 127. The lowest BCUT2D eigenvalue weighted by Gasteiger charge is -2.24. The van der Waals surface area contributed by atoms with Crippen molar-refractivity contribution in [3.63, 3.8) is 0 Å². The number of guanidine groups is 1. The maximum absolute atomic E-state index is 11.4. The van der Waals surface area contributed by atoms with Gasteiger partial charge in [-0.3, -0.25) is 4.79 Å². The quantitative estimate of drug-likeness (QED) is 0.400. The van der Waals surface area contributed by atoms with Crippen LogP contribution in [0.4, 0.5) is 0 Å². The monoisotopic (exact) mass is 386 g/mol. The van der Waals surface area contributed by atoms with E-state index in [1.165, 1.54) is 4.90 Å². The van der Waals surface area contributed by atoms with Gasteiger partial charge in [-0.25, -0.2) is 4.99 Å².